The Hall–Kier alpha value is -1.91. The molecule has 0 unspecified atom stereocenters. The van der Waals surface area contributed by atoms with Gasteiger partial charge in [0.15, 0.2) is 11.6 Å². The molecule has 2 N–H and O–H groups in total. The van der Waals surface area contributed by atoms with E-state index in [1.54, 1.807) is 0 Å². The Morgan fingerprint density at radius 2 is 2.00 bits per heavy atom. The fourth-order valence-electron chi connectivity index (χ4n) is 1.32. The Bertz CT molecular complexity index is 508. The fraction of sp³-hybridized carbons (Fsp3) is 0.100. The second kappa shape index (κ2) is 3.34. The summed E-state index contributed by atoms with van der Waals surface area (Å²) in [5.41, 5.74) is 5.96. The minimum absolute atomic E-state index is 0.175. The van der Waals surface area contributed by atoms with Crippen LogP contribution >= 0.6 is 0 Å². The van der Waals surface area contributed by atoms with E-state index in [1.807, 2.05) is 0 Å². The third kappa shape index (κ3) is 1.68. The van der Waals surface area contributed by atoms with Crippen LogP contribution in [-0.2, 0) is 0 Å². The number of halogens is 2. The van der Waals surface area contributed by atoms with Gasteiger partial charge in [0.05, 0.1) is 0 Å². The summed E-state index contributed by atoms with van der Waals surface area (Å²) in [7, 11) is 0. The number of nitrogen functional groups attached to an aromatic ring is 1. The monoisotopic (exact) mass is 210 g/mol. The number of aromatic nitrogens is 1. The van der Waals surface area contributed by atoms with Crippen LogP contribution in [0.2, 0.25) is 0 Å². The van der Waals surface area contributed by atoms with Gasteiger partial charge in [-0.3, -0.25) is 0 Å². The van der Waals surface area contributed by atoms with E-state index in [9.17, 15) is 8.78 Å². The molecule has 1 heterocycles. The highest BCUT2D eigenvalue weighted by molar-refractivity contribution is 5.64. The molecule has 0 aliphatic carbocycles. The van der Waals surface area contributed by atoms with E-state index in [-0.39, 0.29) is 11.6 Å². The lowest BCUT2D eigenvalue weighted by atomic mass is 10.1. The molecule has 0 bridgehead atoms. The molecule has 5 heteroatoms. The molecule has 1 aromatic carbocycles. The summed E-state index contributed by atoms with van der Waals surface area (Å²) in [6.07, 6.45) is 0. The third-order valence-corrected chi connectivity index (χ3v) is 2.10. The normalized spacial score (nSPS) is 10.6. The molecule has 0 fully saturated rings. The zero-order chi connectivity index (χ0) is 11.0. The van der Waals surface area contributed by atoms with E-state index in [4.69, 9.17) is 10.3 Å². The molecule has 0 atom stereocenters. The van der Waals surface area contributed by atoms with Crippen molar-refractivity contribution in [2.75, 3.05) is 5.73 Å². The first-order chi connectivity index (χ1) is 7.08. The van der Waals surface area contributed by atoms with Crippen LogP contribution in [0, 0.1) is 18.6 Å². The Kier molecular flexibility index (Phi) is 2.15. The van der Waals surface area contributed by atoms with Gasteiger partial charge in [0.1, 0.15) is 11.6 Å². The molecule has 0 aliphatic heterocycles. The molecular weight excluding hydrogens is 202 g/mol. The lowest BCUT2D eigenvalue weighted by Gasteiger charge is -2.02. The highest BCUT2D eigenvalue weighted by Gasteiger charge is 2.12. The van der Waals surface area contributed by atoms with Crippen LogP contribution < -0.4 is 5.73 Å². The van der Waals surface area contributed by atoms with Gasteiger partial charge in [-0.05, 0) is 18.6 Å². The van der Waals surface area contributed by atoms with Crippen molar-refractivity contribution in [3.05, 3.63) is 35.4 Å². The highest BCUT2D eigenvalue weighted by atomic mass is 19.1. The van der Waals surface area contributed by atoms with Crippen molar-refractivity contribution in [1.29, 1.82) is 0 Å². The largest absolute Gasteiger partial charge is 0.381 e. The third-order valence-electron chi connectivity index (χ3n) is 2.10. The summed E-state index contributed by atoms with van der Waals surface area (Å²) in [5.74, 6) is -0.861. The predicted octanol–water partition coefficient (Wildman–Crippen LogP) is 2.51. The molecule has 0 spiro atoms. The number of hydrogen-bond acceptors (Lipinski definition) is 3. The molecule has 0 aliphatic rings. The molecule has 0 radical (unpaired) electrons. The van der Waals surface area contributed by atoms with Crippen molar-refractivity contribution in [2.24, 2.45) is 0 Å². The van der Waals surface area contributed by atoms with Gasteiger partial charge in [-0.15, -0.1) is 0 Å². The summed E-state index contributed by atoms with van der Waals surface area (Å²) in [6.45, 7) is 1.53. The van der Waals surface area contributed by atoms with Crippen molar-refractivity contribution >= 4 is 5.82 Å². The van der Waals surface area contributed by atoms with Gasteiger partial charge in [0.25, 0.3) is 0 Å². The van der Waals surface area contributed by atoms with Gasteiger partial charge in [-0.2, -0.15) is 0 Å². The Morgan fingerprint density at radius 1 is 1.27 bits per heavy atom. The smallest absolute Gasteiger partial charge is 0.169 e. The van der Waals surface area contributed by atoms with Crippen LogP contribution in [-0.4, -0.2) is 5.16 Å². The topological polar surface area (TPSA) is 52.0 Å². The van der Waals surface area contributed by atoms with Crippen molar-refractivity contribution in [1.82, 2.24) is 5.16 Å². The van der Waals surface area contributed by atoms with Crippen LogP contribution in [0.3, 0.4) is 0 Å². The molecule has 15 heavy (non-hydrogen) atoms. The number of anilines is 1. The maximum atomic E-state index is 13.2. The first kappa shape index (κ1) is 9.64. The van der Waals surface area contributed by atoms with Crippen molar-refractivity contribution < 1.29 is 13.3 Å². The summed E-state index contributed by atoms with van der Waals surface area (Å²) in [4.78, 5) is 0. The van der Waals surface area contributed by atoms with Crippen LogP contribution in [0.1, 0.15) is 5.56 Å². The molecule has 0 amide bonds. The van der Waals surface area contributed by atoms with Gasteiger partial charge in [-0.1, -0.05) is 5.16 Å². The molecule has 2 aromatic rings. The van der Waals surface area contributed by atoms with E-state index >= 15 is 0 Å². The minimum Gasteiger partial charge on any atom is -0.381 e. The minimum atomic E-state index is -0.664. The maximum Gasteiger partial charge on any atom is 0.169 e. The molecule has 0 saturated carbocycles. The molecule has 0 saturated heterocycles. The maximum absolute atomic E-state index is 13.2. The Morgan fingerprint density at radius 3 is 2.60 bits per heavy atom. The molecule has 78 valence electrons. The van der Waals surface area contributed by atoms with E-state index in [0.717, 1.165) is 6.07 Å². The van der Waals surface area contributed by atoms with Crippen molar-refractivity contribution in [3.63, 3.8) is 0 Å². The van der Waals surface area contributed by atoms with Crippen LogP contribution in [0.4, 0.5) is 14.6 Å². The summed E-state index contributed by atoms with van der Waals surface area (Å²) >= 11 is 0. The number of hydrogen-bond donors (Lipinski definition) is 1. The molecular formula is C10H8F2N2O. The number of nitrogens with two attached hydrogens (primary N) is 1. The van der Waals surface area contributed by atoms with Crippen molar-refractivity contribution in [3.8, 4) is 11.3 Å². The first-order valence-corrected chi connectivity index (χ1v) is 4.26. The average Bonchev–Trinajstić information content (AvgIpc) is 2.58. The van der Waals surface area contributed by atoms with E-state index < -0.39 is 11.6 Å². The van der Waals surface area contributed by atoms with Gasteiger partial charge in [-0.25, -0.2) is 8.78 Å². The SMILES string of the molecule is Cc1c(F)cc(F)cc1-c1cc(N)no1. The van der Waals surface area contributed by atoms with Gasteiger partial charge in [0.2, 0.25) is 0 Å². The Labute approximate surface area is 84.5 Å². The standard InChI is InChI=1S/C10H8F2N2O/c1-5-7(2-6(11)3-8(5)12)9-4-10(13)14-15-9/h2-4H,1H3,(H2,13,14). The van der Waals surface area contributed by atoms with Gasteiger partial charge in [0, 0.05) is 17.7 Å². The van der Waals surface area contributed by atoms with E-state index in [1.165, 1.54) is 19.1 Å². The summed E-state index contributed by atoms with van der Waals surface area (Å²) < 4.78 is 31.0. The quantitative estimate of drug-likeness (QED) is 0.786. The van der Waals surface area contributed by atoms with E-state index in [2.05, 4.69) is 5.16 Å². The van der Waals surface area contributed by atoms with Crippen molar-refractivity contribution in [2.45, 2.75) is 6.92 Å². The molecule has 2 rings (SSSR count). The molecule has 3 nitrogen and oxygen atoms in total. The zero-order valence-electron chi connectivity index (χ0n) is 7.92. The number of rotatable bonds is 1. The second-order valence-corrected chi connectivity index (χ2v) is 3.18. The second-order valence-electron chi connectivity index (χ2n) is 3.18. The zero-order valence-corrected chi connectivity index (χ0v) is 7.92. The van der Waals surface area contributed by atoms with Crippen LogP contribution in [0.15, 0.2) is 22.7 Å². The van der Waals surface area contributed by atoms with Gasteiger partial charge < -0.3 is 10.3 Å². The van der Waals surface area contributed by atoms with Crippen LogP contribution in [0.5, 0.6) is 0 Å². The number of nitrogens with zero attached hydrogens (tertiary/aromatic N) is 1. The highest BCUT2D eigenvalue weighted by Crippen LogP contribution is 2.27. The number of benzene rings is 1. The average molecular weight is 210 g/mol. The first-order valence-electron chi connectivity index (χ1n) is 4.26. The molecule has 1 aromatic heterocycles. The van der Waals surface area contributed by atoms with E-state index in [0.29, 0.717) is 11.1 Å². The summed E-state index contributed by atoms with van der Waals surface area (Å²) in [6, 6.07) is 3.41. The lowest BCUT2D eigenvalue weighted by molar-refractivity contribution is 0.434. The Balaban J connectivity index is 2.62. The van der Waals surface area contributed by atoms with Crippen LogP contribution in [0.25, 0.3) is 11.3 Å². The summed E-state index contributed by atoms with van der Waals surface area (Å²) in [5, 5.41) is 3.45. The predicted molar refractivity (Wildman–Crippen MR) is 51.0 cm³/mol. The van der Waals surface area contributed by atoms with Gasteiger partial charge >= 0.3 is 0 Å². The fourth-order valence-corrected chi connectivity index (χ4v) is 1.32. The lowest BCUT2D eigenvalue weighted by Crippen LogP contribution is -1.89.